The summed E-state index contributed by atoms with van der Waals surface area (Å²) in [6.45, 7) is -2.94. The number of aromatic nitrogens is 2. The van der Waals surface area contributed by atoms with E-state index in [0.717, 1.165) is 0 Å². The fraction of sp³-hybridized carbons (Fsp3) is 0.0500. The number of benzene rings is 2. The SMILES string of the molecule is N#Cc1c(-c2ccc(OC(F)F)cc2)c(C#N)c2nc3ccccc3n2c1N. The zero-order valence-corrected chi connectivity index (χ0v) is 14.2. The Bertz CT molecular complexity index is 1300. The second-order valence-electron chi connectivity index (χ2n) is 5.90. The van der Waals surface area contributed by atoms with Crippen molar-refractivity contribution >= 4 is 22.5 Å². The van der Waals surface area contributed by atoms with Crippen LogP contribution < -0.4 is 10.5 Å². The van der Waals surface area contributed by atoms with E-state index in [4.69, 9.17) is 5.73 Å². The first-order valence-electron chi connectivity index (χ1n) is 8.13. The van der Waals surface area contributed by atoms with Crippen molar-refractivity contribution in [2.24, 2.45) is 0 Å². The van der Waals surface area contributed by atoms with Gasteiger partial charge in [0.1, 0.15) is 34.8 Å². The molecule has 0 aliphatic rings. The third-order valence-electron chi connectivity index (χ3n) is 4.37. The molecule has 2 aromatic heterocycles. The van der Waals surface area contributed by atoms with E-state index in [1.807, 2.05) is 12.1 Å². The maximum Gasteiger partial charge on any atom is 0.387 e. The monoisotopic (exact) mass is 375 g/mol. The molecule has 0 amide bonds. The highest BCUT2D eigenvalue weighted by molar-refractivity contribution is 5.92. The first kappa shape index (κ1) is 17.3. The van der Waals surface area contributed by atoms with Gasteiger partial charge in [0, 0.05) is 5.56 Å². The molecule has 136 valence electrons. The zero-order valence-electron chi connectivity index (χ0n) is 14.2. The third kappa shape index (κ3) is 2.56. The first-order chi connectivity index (χ1) is 13.5. The molecule has 2 aromatic carbocycles. The van der Waals surface area contributed by atoms with Gasteiger partial charge in [-0.3, -0.25) is 4.40 Å². The maximum absolute atomic E-state index is 12.4. The summed E-state index contributed by atoms with van der Waals surface area (Å²) in [5.41, 5.74) is 8.94. The van der Waals surface area contributed by atoms with Gasteiger partial charge in [-0.05, 0) is 29.8 Å². The first-order valence-corrected chi connectivity index (χ1v) is 8.13. The minimum Gasteiger partial charge on any atom is -0.435 e. The Morgan fingerprint density at radius 2 is 1.68 bits per heavy atom. The number of alkyl halides is 2. The van der Waals surface area contributed by atoms with E-state index < -0.39 is 6.61 Å². The third-order valence-corrected chi connectivity index (χ3v) is 4.37. The highest BCUT2D eigenvalue weighted by Crippen LogP contribution is 2.36. The van der Waals surface area contributed by atoms with Gasteiger partial charge in [0.2, 0.25) is 0 Å². The standard InChI is InChI=1S/C20H11F2N5O/c21-20(22)28-12-7-5-11(6-8-12)17-13(9-23)18(25)27-16-4-2-1-3-15(16)26-19(27)14(17)10-24/h1-8,20H,25H2. The summed E-state index contributed by atoms with van der Waals surface area (Å²) in [5, 5.41) is 19.5. The van der Waals surface area contributed by atoms with Crippen LogP contribution in [0.15, 0.2) is 48.5 Å². The van der Waals surface area contributed by atoms with Crippen LogP contribution in [0.3, 0.4) is 0 Å². The van der Waals surface area contributed by atoms with Crippen molar-refractivity contribution in [3.8, 4) is 29.0 Å². The normalized spacial score (nSPS) is 10.9. The quantitative estimate of drug-likeness (QED) is 0.581. The Morgan fingerprint density at radius 3 is 2.32 bits per heavy atom. The minimum absolute atomic E-state index is 0.0311. The molecule has 0 spiro atoms. The number of nitrogen functional groups attached to an aromatic ring is 1. The average molecular weight is 375 g/mol. The number of rotatable bonds is 3. The van der Waals surface area contributed by atoms with Crippen molar-refractivity contribution in [3.63, 3.8) is 0 Å². The molecule has 0 saturated heterocycles. The van der Waals surface area contributed by atoms with E-state index in [1.54, 1.807) is 16.5 Å². The predicted molar refractivity (Wildman–Crippen MR) is 98.6 cm³/mol. The summed E-state index contributed by atoms with van der Waals surface area (Å²) < 4.78 is 30.7. The fourth-order valence-electron chi connectivity index (χ4n) is 3.23. The highest BCUT2D eigenvalue weighted by Gasteiger charge is 2.22. The van der Waals surface area contributed by atoms with Gasteiger partial charge in [-0.15, -0.1) is 0 Å². The summed E-state index contributed by atoms with van der Waals surface area (Å²) >= 11 is 0. The van der Waals surface area contributed by atoms with Crippen molar-refractivity contribution in [1.82, 2.24) is 9.38 Å². The van der Waals surface area contributed by atoms with Crippen LogP contribution in [0, 0.1) is 22.7 Å². The van der Waals surface area contributed by atoms with Crippen molar-refractivity contribution in [1.29, 1.82) is 10.5 Å². The Morgan fingerprint density at radius 1 is 1.00 bits per heavy atom. The lowest BCUT2D eigenvalue weighted by Crippen LogP contribution is -2.06. The van der Waals surface area contributed by atoms with E-state index in [2.05, 4.69) is 21.9 Å². The molecule has 6 nitrogen and oxygen atoms in total. The molecular formula is C20H11F2N5O. The number of para-hydroxylation sites is 2. The van der Waals surface area contributed by atoms with Crippen LogP contribution in [-0.2, 0) is 0 Å². The topological polar surface area (TPSA) is 100 Å². The summed E-state index contributed by atoms with van der Waals surface area (Å²) in [4.78, 5) is 4.49. The molecule has 2 heterocycles. The lowest BCUT2D eigenvalue weighted by atomic mass is 9.96. The van der Waals surface area contributed by atoms with E-state index in [9.17, 15) is 19.3 Å². The van der Waals surface area contributed by atoms with Gasteiger partial charge < -0.3 is 10.5 Å². The smallest absolute Gasteiger partial charge is 0.387 e. The van der Waals surface area contributed by atoms with Crippen LogP contribution in [0.4, 0.5) is 14.6 Å². The number of nitriles is 2. The molecule has 28 heavy (non-hydrogen) atoms. The molecular weight excluding hydrogens is 364 g/mol. The summed E-state index contributed by atoms with van der Waals surface area (Å²) in [5.74, 6) is 0.115. The molecule has 0 aliphatic carbocycles. The van der Waals surface area contributed by atoms with Gasteiger partial charge in [-0.2, -0.15) is 19.3 Å². The van der Waals surface area contributed by atoms with Gasteiger partial charge in [-0.1, -0.05) is 24.3 Å². The number of imidazole rings is 1. The molecule has 0 bridgehead atoms. The predicted octanol–water partition coefficient (Wildman–Crippen LogP) is 4.08. The number of pyridine rings is 1. The number of nitrogens with two attached hydrogens (primary N) is 1. The van der Waals surface area contributed by atoms with Crippen LogP contribution in [0.25, 0.3) is 27.8 Å². The average Bonchev–Trinajstić information content (AvgIpc) is 3.08. The van der Waals surface area contributed by atoms with E-state index in [0.29, 0.717) is 27.8 Å². The van der Waals surface area contributed by atoms with Crippen LogP contribution in [-0.4, -0.2) is 16.0 Å². The Kier molecular flexibility index (Phi) is 4.02. The van der Waals surface area contributed by atoms with Crippen molar-refractivity contribution < 1.29 is 13.5 Å². The maximum atomic E-state index is 12.4. The second kappa shape index (κ2) is 6.53. The van der Waals surface area contributed by atoms with E-state index >= 15 is 0 Å². The number of fused-ring (bicyclic) bond motifs is 3. The minimum atomic E-state index is -2.94. The van der Waals surface area contributed by atoms with Gasteiger partial charge in [0.15, 0.2) is 5.65 Å². The van der Waals surface area contributed by atoms with E-state index in [-0.39, 0.29) is 22.7 Å². The highest BCUT2D eigenvalue weighted by atomic mass is 19.3. The summed E-state index contributed by atoms with van der Waals surface area (Å²) in [6.07, 6.45) is 0. The molecule has 0 aliphatic heterocycles. The van der Waals surface area contributed by atoms with Crippen molar-refractivity contribution in [2.45, 2.75) is 6.61 Å². The number of anilines is 1. The zero-order chi connectivity index (χ0) is 19.8. The van der Waals surface area contributed by atoms with Crippen LogP contribution in [0.5, 0.6) is 5.75 Å². The number of hydrogen-bond donors (Lipinski definition) is 1. The molecule has 0 radical (unpaired) electrons. The number of nitrogens with zero attached hydrogens (tertiary/aromatic N) is 4. The van der Waals surface area contributed by atoms with Gasteiger partial charge in [0.25, 0.3) is 0 Å². The van der Waals surface area contributed by atoms with Crippen LogP contribution >= 0.6 is 0 Å². The number of ether oxygens (including phenoxy) is 1. The largest absolute Gasteiger partial charge is 0.435 e. The molecule has 4 aromatic rings. The molecule has 2 N–H and O–H groups in total. The number of halogens is 2. The molecule has 0 atom stereocenters. The van der Waals surface area contributed by atoms with Crippen LogP contribution in [0.1, 0.15) is 11.1 Å². The molecule has 0 saturated carbocycles. The van der Waals surface area contributed by atoms with Gasteiger partial charge in [0.05, 0.1) is 11.0 Å². The Labute approximate surface area is 157 Å². The summed E-state index contributed by atoms with van der Waals surface area (Å²) in [6, 6.07) is 17.0. The van der Waals surface area contributed by atoms with Crippen molar-refractivity contribution in [3.05, 3.63) is 59.7 Å². The van der Waals surface area contributed by atoms with Crippen LogP contribution in [0.2, 0.25) is 0 Å². The Hall–Kier alpha value is -4.17. The lowest BCUT2D eigenvalue weighted by molar-refractivity contribution is -0.0498. The Balaban J connectivity index is 2.05. The van der Waals surface area contributed by atoms with E-state index in [1.165, 1.54) is 24.3 Å². The second-order valence-corrected chi connectivity index (χ2v) is 5.90. The number of hydrogen-bond acceptors (Lipinski definition) is 5. The molecule has 8 heteroatoms. The molecule has 4 rings (SSSR count). The van der Waals surface area contributed by atoms with Crippen molar-refractivity contribution in [2.75, 3.05) is 5.73 Å². The lowest BCUT2D eigenvalue weighted by Gasteiger charge is -2.13. The molecule has 0 fully saturated rings. The molecule has 0 unspecified atom stereocenters. The fourth-order valence-corrected chi connectivity index (χ4v) is 3.23. The van der Waals surface area contributed by atoms with Gasteiger partial charge in [-0.25, -0.2) is 4.98 Å². The summed E-state index contributed by atoms with van der Waals surface area (Å²) in [7, 11) is 0. The van der Waals surface area contributed by atoms with Gasteiger partial charge >= 0.3 is 6.61 Å².